The second kappa shape index (κ2) is 10.5. The lowest BCUT2D eigenvalue weighted by atomic mass is 9.95. The standard InChI is InChI=1S/C28H38N2O2/c1-21(23-9-11-25(27(31)17-23)19-29-13-5-3-6-14-29)22(2)24-10-12-26(28(32)18-24)20-30-15-7-4-8-16-30/h9-12,17-18,31-32H,3-8,13-16,19-20H2,1-2H3. The molecule has 0 amide bonds. The predicted octanol–water partition coefficient (Wildman–Crippen LogP) is 6.02. The first-order valence-electron chi connectivity index (χ1n) is 12.3. The number of aromatic hydroxyl groups is 2. The van der Waals surface area contributed by atoms with Gasteiger partial charge in [-0.05, 0) is 100 Å². The summed E-state index contributed by atoms with van der Waals surface area (Å²) in [6.45, 7) is 10.3. The second-order valence-corrected chi connectivity index (χ2v) is 9.61. The Labute approximate surface area is 193 Å². The lowest BCUT2D eigenvalue weighted by Crippen LogP contribution is -2.29. The summed E-state index contributed by atoms with van der Waals surface area (Å²) >= 11 is 0. The molecule has 2 heterocycles. The van der Waals surface area contributed by atoms with Crippen LogP contribution in [0.15, 0.2) is 36.4 Å². The number of hydrogen-bond acceptors (Lipinski definition) is 4. The van der Waals surface area contributed by atoms with Crippen molar-refractivity contribution in [2.45, 2.75) is 65.5 Å². The number of benzene rings is 2. The van der Waals surface area contributed by atoms with E-state index >= 15 is 0 Å². The zero-order chi connectivity index (χ0) is 22.5. The van der Waals surface area contributed by atoms with Gasteiger partial charge in [0.15, 0.2) is 0 Å². The minimum absolute atomic E-state index is 0.375. The highest BCUT2D eigenvalue weighted by Gasteiger charge is 2.15. The molecule has 0 bridgehead atoms. The number of piperidine rings is 2. The van der Waals surface area contributed by atoms with Gasteiger partial charge in [0.05, 0.1) is 0 Å². The van der Waals surface area contributed by atoms with E-state index in [1.807, 2.05) is 12.1 Å². The first-order valence-corrected chi connectivity index (χ1v) is 12.3. The van der Waals surface area contributed by atoms with Crippen LogP contribution >= 0.6 is 0 Å². The fourth-order valence-electron chi connectivity index (χ4n) is 5.01. The summed E-state index contributed by atoms with van der Waals surface area (Å²) < 4.78 is 0. The minimum atomic E-state index is 0.375. The molecule has 2 fully saturated rings. The molecule has 0 spiro atoms. The van der Waals surface area contributed by atoms with Crippen molar-refractivity contribution in [1.29, 1.82) is 0 Å². The van der Waals surface area contributed by atoms with Gasteiger partial charge in [-0.25, -0.2) is 0 Å². The van der Waals surface area contributed by atoms with Crippen LogP contribution in [-0.4, -0.2) is 46.2 Å². The number of rotatable bonds is 6. The summed E-state index contributed by atoms with van der Waals surface area (Å²) in [5.74, 6) is 0.750. The SMILES string of the molecule is CC(=C(C)c1ccc(CN2CCCCC2)c(O)c1)c1ccc(CN2CCCCC2)c(O)c1. The van der Waals surface area contributed by atoms with Gasteiger partial charge in [0.2, 0.25) is 0 Å². The number of likely N-dealkylation sites (tertiary alicyclic amines) is 2. The van der Waals surface area contributed by atoms with E-state index in [1.54, 1.807) is 0 Å². The molecule has 0 radical (unpaired) electrons. The molecule has 172 valence electrons. The smallest absolute Gasteiger partial charge is 0.120 e. The molecule has 2 aliphatic rings. The summed E-state index contributed by atoms with van der Waals surface area (Å²) in [5, 5.41) is 21.3. The lowest BCUT2D eigenvalue weighted by molar-refractivity contribution is 0.218. The van der Waals surface area contributed by atoms with Crippen molar-refractivity contribution < 1.29 is 10.2 Å². The van der Waals surface area contributed by atoms with E-state index in [0.29, 0.717) is 11.5 Å². The van der Waals surface area contributed by atoms with Crippen molar-refractivity contribution >= 4 is 11.1 Å². The molecular weight excluding hydrogens is 396 g/mol. The molecule has 4 rings (SSSR count). The van der Waals surface area contributed by atoms with Gasteiger partial charge in [-0.2, -0.15) is 0 Å². The van der Waals surface area contributed by atoms with E-state index in [1.165, 1.54) is 38.5 Å². The third-order valence-corrected chi connectivity index (χ3v) is 7.28. The van der Waals surface area contributed by atoms with Crippen molar-refractivity contribution in [2.75, 3.05) is 26.2 Å². The maximum atomic E-state index is 10.7. The maximum absolute atomic E-state index is 10.7. The van der Waals surface area contributed by atoms with Gasteiger partial charge in [0.1, 0.15) is 11.5 Å². The minimum Gasteiger partial charge on any atom is -0.508 e. The summed E-state index contributed by atoms with van der Waals surface area (Å²) in [4.78, 5) is 4.86. The Bertz CT molecular complexity index is 876. The van der Waals surface area contributed by atoms with Gasteiger partial charge in [-0.3, -0.25) is 9.80 Å². The highest BCUT2D eigenvalue weighted by atomic mass is 16.3. The van der Waals surface area contributed by atoms with E-state index in [-0.39, 0.29) is 0 Å². The molecule has 4 heteroatoms. The Kier molecular flexibility index (Phi) is 7.54. The van der Waals surface area contributed by atoms with Crippen LogP contribution in [0.2, 0.25) is 0 Å². The van der Waals surface area contributed by atoms with E-state index in [9.17, 15) is 10.2 Å². The number of nitrogens with zero attached hydrogens (tertiary/aromatic N) is 2. The van der Waals surface area contributed by atoms with Gasteiger partial charge in [0, 0.05) is 24.2 Å². The highest BCUT2D eigenvalue weighted by Crippen LogP contribution is 2.32. The number of phenolic OH excluding ortho intramolecular Hbond substituents is 2. The van der Waals surface area contributed by atoms with Crippen LogP contribution in [0.4, 0.5) is 0 Å². The Hall–Kier alpha value is -2.30. The van der Waals surface area contributed by atoms with Crippen LogP contribution in [0, 0.1) is 0 Å². The summed E-state index contributed by atoms with van der Waals surface area (Å²) in [6.07, 6.45) is 7.65. The Morgan fingerprint density at radius 2 is 1.00 bits per heavy atom. The van der Waals surface area contributed by atoms with Crippen molar-refractivity contribution in [2.24, 2.45) is 0 Å². The van der Waals surface area contributed by atoms with Crippen LogP contribution in [0.5, 0.6) is 11.5 Å². The van der Waals surface area contributed by atoms with Crippen LogP contribution < -0.4 is 0 Å². The third kappa shape index (κ3) is 5.54. The molecule has 0 aromatic heterocycles. The zero-order valence-corrected chi connectivity index (χ0v) is 19.7. The molecule has 0 saturated carbocycles. The molecule has 2 N–H and O–H groups in total. The molecule has 2 aromatic rings. The van der Waals surface area contributed by atoms with Crippen LogP contribution in [0.25, 0.3) is 11.1 Å². The van der Waals surface area contributed by atoms with Gasteiger partial charge in [0.25, 0.3) is 0 Å². The number of allylic oxidation sites excluding steroid dienone is 2. The van der Waals surface area contributed by atoms with E-state index in [2.05, 4.69) is 47.9 Å². The summed E-state index contributed by atoms with van der Waals surface area (Å²) in [6, 6.07) is 12.1. The van der Waals surface area contributed by atoms with Crippen LogP contribution in [-0.2, 0) is 13.1 Å². The molecule has 2 aliphatic heterocycles. The maximum Gasteiger partial charge on any atom is 0.120 e. The van der Waals surface area contributed by atoms with E-state index in [4.69, 9.17) is 0 Å². The van der Waals surface area contributed by atoms with Crippen molar-refractivity contribution in [3.05, 3.63) is 58.7 Å². The normalized spacial score (nSPS) is 19.1. The molecular formula is C28H38N2O2. The summed E-state index contributed by atoms with van der Waals surface area (Å²) in [7, 11) is 0. The van der Waals surface area contributed by atoms with Gasteiger partial charge >= 0.3 is 0 Å². The molecule has 0 aliphatic carbocycles. The van der Waals surface area contributed by atoms with E-state index < -0.39 is 0 Å². The third-order valence-electron chi connectivity index (χ3n) is 7.28. The van der Waals surface area contributed by atoms with Crippen LogP contribution in [0.3, 0.4) is 0 Å². The average Bonchev–Trinajstić information content (AvgIpc) is 2.82. The van der Waals surface area contributed by atoms with Crippen molar-refractivity contribution in [3.8, 4) is 11.5 Å². The summed E-state index contributed by atoms with van der Waals surface area (Å²) in [5.41, 5.74) is 6.29. The number of phenols is 2. The monoisotopic (exact) mass is 434 g/mol. The van der Waals surface area contributed by atoms with Crippen molar-refractivity contribution in [3.63, 3.8) is 0 Å². The predicted molar refractivity (Wildman–Crippen MR) is 133 cm³/mol. The lowest BCUT2D eigenvalue weighted by Gasteiger charge is -2.27. The van der Waals surface area contributed by atoms with E-state index in [0.717, 1.165) is 72.7 Å². The fraction of sp³-hybridized carbons (Fsp3) is 0.500. The average molecular weight is 435 g/mol. The van der Waals surface area contributed by atoms with Gasteiger partial charge < -0.3 is 10.2 Å². The molecule has 32 heavy (non-hydrogen) atoms. The second-order valence-electron chi connectivity index (χ2n) is 9.61. The van der Waals surface area contributed by atoms with Gasteiger partial charge in [-0.1, -0.05) is 37.1 Å². The van der Waals surface area contributed by atoms with Gasteiger partial charge in [-0.15, -0.1) is 0 Å². The Morgan fingerprint density at radius 1 is 0.625 bits per heavy atom. The molecule has 2 aromatic carbocycles. The highest BCUT2D eigenvalue weighted by molar-refractivity contribution is 5.89. The largest absolute Gasteiger partial charge is 0.508 e. The Morgan fingerprint density at radius 3 is 1.34 bits per heavy atom. The molecule has 0 atom stereocenters. The zero-order valence-electron chi connectivity index (χ0n) is 19.7. The molecule has 0 unspecified atom stereocenters. The topological polar surface area (TPSA) is 46.9 Å². The quantitative estimate of drug-likeness (QED) is 0.546. The molecule has 2 saturated heterocycles. The molecule has 4 nitrogen and oxygen atoms in total. The number of hydrogen-bond donors (Lipinski definition) is 2. The van der Waals surface area contributed by atoms with Crippen molar-refractivity contribution in [1.82, 2.24) is 9.80 Å². The Balaban J connectivity index is 1.48. The fourth-order valence-corrected chi connectivity index (χ4v) is 5.01. The first kappa shape index (κ1) is 22.9. The van der Waals surface area contributed by atoms with Crippen LogP contribution in [0.1, 0.15) is 74.6 Å². The first-order chi connectivity index (χ1) is 15.5.